The molecule has 0 amide bonds. The molecule has 3 heteroatoms. The maximum absolute atomic E-state index is 10.9. The van der Waals surface area contributed by atoms with Crippen LogP contribution in [-0.2, 0) is 6.54 Å². The molecule has 0 aliphatic carbocycles. The van der Waals surface area contributed by atoms with Crippen LogP contribution >= 0.6 is 12.8 Å². The van der Waals surface area contributed by atoms with Gasteiger partial charge in [-0.3, -0.25) is 9.52 Å². The van der Waals surface area contributed by atoms with Crippen molar-refractivity contribution in [1.29, 1.82) is 0 Å². The number of thiol groups is 1. The van der Waals surface area contributed by atoms with E-state index in [2.05, 4.69) is 17.5 Å². The molecule has 64 valence electrons. The minimum atomic E-state index is 0.0976. The third kappa shape index (κ3) is 2.36. The Morgan fingerprint density at radius 2 is 2.00 bits per heavy atom. The predicted octanol–water partition coefficient (Wildman–Crippen LogP) is 1.82. The molecule has 0 aliphatic rings. The van der Waals surface area contributed by atoms with Crippen LogP contribution in [0.25, 0.3) is 0 Å². The van der Waals surface area contributed by atoms with E-state index in [1.165, 1.54) is 0 Å². The first-order valence-corrected chi connectivity index (χ1v) is 4.15. The monoisotopic (exact) mass is 181 g/mol. The van der Waals surface area contributed by atoms with Crippen molar-refractivity contribution < 1.29 is 4.79 Å². The van der Waals surface area contributed by atoms with Crippen molar-refractivity contribution in [3.05, 3.63) is 35.4 Å². The first-order chi connectivity index (χ1) is 5.74. The number of hydrogen-bond donors (Lipinski definition) is 2. The number of carbonyl (C=O) groups excluding carboxylic acids is 1. The van der Waals surface area contributed by atoms with Gasteiger partial charge in [-0.25, -0.2) is 0 Å². The molecule has 0 radical (unpaired) electrons. The average molecular weight is 181 g/mol. The molecule has 0 fully saturated rings. The molecular formula is C9H11NOS. The van der Waals surface area contributed by atoms with Crippen LogP contribution in [0.2, 0.25) is 0 Å². The van der Waals surface area contributed by atoms with Crippen LogP contribution in [0.4, 0.5) is 0 Å². The van der Waals surface area contributed by atoms with Crippen LogP contribution < -0.4 is 4.72 Å². The summed E-state index contributed by atoms with van der Waals surface area (Å²) in [6, 6.07) is 7.48. The van der Waals surface area contributed by atoms with Gasteiger partial charge in [0.2, 0.25) is 0 Å². The third-order valence-corrected chi connectivity index (χ3v) is 1.80. The lowest BCUT2D eigenvalue weighted by Crippen LogP contribution is -1.99. The van der Waals surface area contributed by atoms with Gasteiger partial charge in [-0.15, -0.1) is 0 Å². The average Bonchev–Trinajstić information content (AvgIpc) is 2.06. The summed E-state index contributed by atoms with van der Waals surface area (Å²) in [6.45, 7) is 2.27. The summed E-state index contributed by atoms with van der Waals surface area (Å²) in [5, 5.41) is 0. The molecule has 1 N–H and O–H groups in total. The highest BCUT2D eigenvalue weighted by Crippen LogP contribution is 2.04. The van der Waals surface area contributed by atoms with Crippen molar-refractivity contribution in [2.45, 2.75) is 13.5 Å². The summed E-state index contributed by atoms with van der Waals surface area (Å²) < 4.78 is 2.74. The van der Waals surface area contributed by atoms with Crippen molar-refractivity contribution in [1.82, 2.24) is 4.72 Å². The van der Waals surface area contributed by atoms with Crippen LogP contribution in [0.5, 0.6) is 0 Å². The molecule has 0 bridgehead atoms. The highest BCUT2D eigenvalue weighted by Gasteiger charge is 1.97. The first kappa shape index (κ1) is 9.29. The van der Waals surface area contributed by atoms with Gasteiger partial charge in [-0.1, -0.05) is 37.1 Å². The molecular weight excluding hydrogens is 170 g/mol. The second-order valence-corrected chi connectivity index (χ2v) is 2.90. The van der Waals surface area contributed by atoms with E-state index < -0.39 is 0 Å². The topological polar surface area (TPSA) is 29.1 Å². The van der Waals surface area contributed by atoms with Crippen LogP contribution in [0, 0.1) is 0 Å². The van der Waals surface area contributed by atoms with Gasteiger partial charge in [0.25, 0.3) is 0 Å². The van der Waals surface area contributed by atoms with Gasteiger partial charge in [0, 0.05) is 12.1 Å². The fraction of sp³-hybridized carbons (Fsp3) is 0.222. The number of benzene rings is 1. The largest absolute Gasteiger partial charge is 0.295 e. The summed E-state index contributed by atoms with van der Waals surface area (Å²) >= 11 is 3.88. The van der Waals surface area contributed by atoms with E-state index in [4.69, 9.17) is 0 Å². The smallest absolute Gasteiger partial charge is 0.159 e. The number of hydrogen-bond acceptors (Lipinski definition) is 3. The van der Waals surface area contributed by atoms with Crippen LogP contribution in [0.3, 0.4) is 0 Å². The van der Waals surface area contributed by atoms with E-state index in [1.807, 2.05) is 24.3 Å². The molecule has 0 spiro atoms. The minimum absolute atomic E-state index is 0.0976. The van der Waals surface area contributed by atoms with Gasteiger partial charge in [0.1, 0.15) is 0 Å². The number of Topliss-reactive ketones (excluding diaryl/α,β-unsaturated/α-hetero) is 1. The number of rotatable bonds is 3. The van der Waals surface area contributed by atoms with Crippen molar-refractivity contribution in [3.8, 4) is 0 Å². The zero-order chi connectivity index (χ0) is 8.97. The van der Waals surface area contributed by atoms with Crippen LogP contribution in [0.15, 0.2) is 24.3 Å². The first-order valence-electron chi connectivity index (χ1n) is 3.71. The van der Waals surface area contributed by atoms with Crippen molar-refractivity contribution in [2.75, 3.05) is 0 Å². The summed E-state index contributed by atoms with van der Waals surface area (Å²) in [5.74, 6) is 0.0976. The van der Waals surface area contributed by atoms with Crippen molar-refractivity contribution in [2.24, 2.45) is 0 Å². The normalized spacial score (nSPS) is 9.83. The van der Waals surface area contributed by atoms with Crippen LogP contribution in [0.1, 0.15) is 22.8 Å². The summed E-state index contributed by atoms with van der Waals surface area (Å²) in [4.78, 5) is 10.9. The van der Waals surface area contributed by atoms with E-state index in [1.54, 1.807) is 6.92 Å². The predicted molar refractivity (Wildman–Crippen MR) is 52.3 cm³/mol. The van der Waals surface area contributed by atoms with Gasteiger partial charge >= 0.3 is 0 Å². The maximum atomic E-state index is 10.9. The zero-order valence-corrected chi connectivity index (χ0v) is 7.77. The second-order valence-electron chi connectivity index (χ2n) is 2.59. The SMILES string of the molecule is CC(=O)c1ccc(CNS)cc1. The Morgan fingerprint density at radius 3 is 2.42 bits per heavy atom. The zero-order valence-electron chi connectivity index (χ0n) is 6.87. The Morgan fingerprint density at radius 1 is 1.42 bits per heavy atom. The van der Waals surface area contributed by atoms with Gasteiger partial charge in [-0.2, -0.15) is 0 Å². The Kier molecular flexibility index (Phi) is 3.31. The highest BCUT2D eigenvalue weighted by atomic mass is 32.1. The lowest BCUT2D eigenvalue weighted by molar-refractivity contribution is 0.101. The Labute approximate surface area is 77.5 Å². The second kappa shape index (κ2) is 4.28. The molecule has 0 aromatic heterocycles. The molecule has 0 unspecified atom stereocenters. The molecule has 0 atom stereocenters. The fourth-order valence-electron chi connectivity index (χ4n) is 0.949. The molecule has 1 aromatic rings. The minimum Gasteiger partial charge on any atom is -0.295 e. The lowest BCUT2D eigenvalue weighted by atomic mass is 10.1. The molecule has 1 aromatic carbocycles. The Bertz CT molecular complexity index is 268. The molecule has 2 nitrogen and oxygen atoms in total. The van der Waals surface area contributed by atoms with Gasteiger partial charge in [0.15, 0.2) is 5.78 Å². The van der Waals surface area contributed by atoms with Crippen LogP contribution in [-0.4, -0.2) is 5.78 Å². The van der Waals surface area contributed by atoms with E-state index in [0.717, 1.165) is 11.1 Å². The van der Waals surface area contributed by atoms with Gasteiger partial charge in [0.05, 0.1) is 0 Å². The molecule has 0 saturated heterocycles. The number of ketones is 1. The molecule has 12 heavy (non-hydrogen) atoms. The molecule has 0 heterocycles. The summed E-state index contributed by atoms with van der Waals surface area (Å²) in [5.41, 5.74) is 1.87. The van der Waals surface area contributed by atoms with E-state index in [-0.39, 0.29) is 5.78 Å². The number of nitrogens with one attached hydrogen (secondary N) is 1. The summed E-state index contributed by atoms with van der Waals surface area (Å²) in [6.07, 6.45) is 0. The van der Waals surface area contributed by atoms with Gasteiger partial charge < -0.3 is 0 Å². The van der Waals surface area contributed by atoms with E-state index in [9.17, 15) is 4.79 Å². The van der Waals surface area contributed by atoms with Crippen molar-refractivity contribution in [3.63, 3.8) is 0 Å². The Hall–Kier alpha value is -0.800. The highest BCUT2D eigenvalue weighted by molar-refractivity contribution is 7.78. The van der Waals surface area contributed by atoms with Crippen molar-refractivity contribution >= 4 is 18.6 Å². The van der Waals surface area contributed by atoms with E-state index >= 15 is 0 Å². The standard InChI is InChI=1S/C9H11NOS/c1-7(11)9-4-2-8(3-5-9)6-10-12/h2-5,10,12H,6H2,1H3. The number of carbonyl (C=O) groups is 1. The molecule has 1 rings (SSSR count). The summed E-state index contributed by atoms with van der Waals surface area (Å²) in [7, 11) is 0. The quantitative estimate of drug-likeness (QED) is 0.550. The van der Waals surface area contributed by atoms with Gasteiger partial charge in [-0.05, 0) is 12.5 Å². The third-order valence-electron chi connectivity index (χ3n) is 1.64. The Balaban J connectivity index is 2.78. The maximum Gasteiger partial charge on any atom is 0.159 e. The van der Waals surface area contributed by atoms with E-state index in [0.29, 0.717) is 6.54 Å². The fourth-order valence-corrected chi connectivity index (χ4v) is 1.13. The molecule has 0 saturated carbocycles. The lowest BCUT2D eigenvalue weighted by Gasteiger charge is -1.99. The molecule has 0 aliphatic heterocycles.